The van der Waals surface area contributed by atoms with Crippen molar-refractivity contribution in [3.63, 3.8) is 0 Å². The molecule has 1 aromatic rings. The molecule has 1 aromatic carbocycles. The second-order valence-electron chi connectivity index (χ2n) is 3.31. The molecule has 1 atom stereocenters. The highest BCUT2D eigenvalue weighted by molar-refractivity contribution is 5.55. The van der Waals surface area contributed by atoms with Gasteiger partial charge in [-0.25, -0.2) is 0 Å². The minimum atomic E-state index is -0.485. The Bertz CT molecular complexity index is 404. The van der Waals surface area contributed by atoms with Crippen LogP contribution >= 0.6 is 0 Å². The van der Waals surface area contributed by atoms with Crippen LogP contribution in [0, 0.1) is 10.1 Å². The van der Waals surface area contributed by atoms with Gasteiger partial charge in [0.25, 0.3) is 5.69 Å². The lowest BCUT2D eigenvalue weighted by Crippen LogP contribution is -2.09. The minimum Gasteiger partial charge on any atom is -0.493 e. The smallest absolute Gasteiger partial charge is 0.278 e. The van der Waals surface area contributed by atoms with Gasteiger partial charge in [0, 0.05) is 6.04 Å². The molecule has 88 valence electrons. The van der Waals surface area contributed by atoms with Crippen molar-refractivity contribution in [2.45, 2.75) is 13.0 Å². The monoisotopic (exact) mass is 226 g/mol. The second kappa shape index (κ2) is 4.80. The fourth-order valence-electron chi connectivity index (χ4n) is 1.41. The van der Waals surface area contributed by atoms with E-state index in [4.69, 9.17) is 15.2 Å². The molecule has 0 unspecified atom stereocenters. The lowest BCUT2D eigenvalue weighted by Gasteiger charge is -2.12. The zero-order valence-corrected chi connectivity index (χ0v) is 9.39. The first-order chi connectivity index (χ1) is 7.51. The van der Waals surface area contributed by atoms with Gasteiger partial charge in [-0.2, -0.15) is 0 Å². The van der Waals surface area contributed by atoms with Crippen LogP contribution in [-0.4, -0.2) is 19.1 Å². The zero-order valence-electron chi connectivity index (χ0n) is 9.39. The van der Waals surface area contributed by atoms with E-state index in [-0.39, 0.29) is 5.69 Å². The fourth-order valence-corrected chi connectivity index (χ4v) is 1.41. The number of hydrogen-bond donors (Lipinski definition) is 1. The number of rotatable bonds is 4. The topological polar surface area (TPSA) is 87.6 Å². The molecule has 0 saturated carbocycles. The summed E-state index contributed by atoms with van der Waals surface area (Å²) < 4.78 is 10.1. The van der Waals surface area contributed by atoms with Crippen LogP contribution in [0.25, 0.3) is 0 Å². The molecule has 0 heterocycles. The summed E-state index contributed by atoms with van der Waals surface area (Å²) in [4.78, 5) is 10.4. The highest BCUT2D eigenvalue weighted by Gasteiger charge is 2.21. The fraction of sp³-hybridized carbons (Fsp3) is 0.400. The summed E-state index contributed by atoms with van der Waals surface area (Å²) in [6.45, 7) is 1.67. The third kappa shape index (κ3) is 2.22. The predicted molar refractivity (Wildman–Crippen MR) is 58.8 cm³/mol. The van der Waals surface area contributed by atoms with Gasteiger partial charge in [0.15, 0.2) is 11.5 Å². The molecule has 0 aliphatic heterocycles. The first kappa shape index (κ1) is 12.3. The van der Waals surface area contributed by atoms with Crippen LogP contribution in [0.15, 0.2) is 12.1 Å². The Labute approximate surface area is 93.1 Å². The maximum absolute atomic E-state index is 10.8. The number of methoxy groups -OCH3 is 2. The molecular formula is C10H14N2O4. The lowest BCUT2D eigenvalue weighted by molar-refractivity contribution is -0.385. The number of benzene rings is 1. The molecule has 0 fully saturated rings. The molecule has 0 saturated heterocycles. The van der Waals surface area contributed by atoms with Crippen LogP contribution in [0.5, 0.6) is 11.5 Å². The highest BCUT2D eigenvalue weighted by atomic mass is 16.6. The van der Waals surface area contributed by atoms with E-state index in [9.17, 15) is 10.1 Å². The number of nitrogens with zero attached hydrogens (tertiary/aromatic N) is 1. The molecule has 16 heavy (non-hydrogen) atoms. The molecule has 0 aliphatic rings. The third-order valence-corrected chi connectivity index (χ3v) is 2.22. The number of nitro benzene ring substituents is 1. The van der Waals surface area contributed by atoms with E-state index in [1.807, 2.05) is 0 Å². The first-order valence-electron chi connectivity index (χ1n) is 4.67. The Hall–Kier alpha value is -1.82. The molecule has 0 bridgehead atoms. The Morgan fingerprint density at radius 2 is 1.81 bits per heavy atom. The van der Waals surface area contributed by atoms with E-state index in [0.29, 0.717) is 17.1 Å². The molecule has 0 spiro atoms. The van der Waals surface area contributed by atoms with Gasteiger partial charge in [-0.3, -0.25) is 10.1 Å². The van der Waals surface area contributed by atoms with E-state index in [1.54, 1.807) is 6.92 Å². The number of nitro groups is 1. The van der Waals surface area contributed by atoms with Crippen molar-refractivity contribution < 1.29 is 14.4 Å². The van der Waals surface area contributed by atoms with Crippen molar-refractivity contribution in [1.29, 1.82) is 0 Å². The predicted octanol–water partition coefficient (Wildman–Crippen LogP) is 1.63. The summed E-state index contributed by atoms with van der Waals surface area (Å²) in [5.74, 6) is 0.749. The molecule has 0 aliphatic carbocycles. The van der Waals surface area contributed by atoms with Crippen molar-refractivity contribution in [3.8, 4) is 11.5 Å². The second-order valence-corrected chi connectivity index (χ2v) is 3.31. The average molecular weight is 226 g/mol. The first-order valence-corrected chi connectivity index (χ1v) is 4.67. The van der Waals surface area contributed by atoms with Crippen LogP contribution in [0.4, 0.5) is 5.69 Å². The zero-order chi connectivity index (χ0) is 12.3. The normalized spacial score (nSPS) is 12.0. The summed E-state index contributed by atoms with van der Waals surface area (Å²) in [5, 5.41) is 10.8. The average Bonchev–Trinajstić information content (AvgIpc) is 2.26. The van der Waals surface area contributed by atoms with Gasteiger partial charge in [0.1, 0.15) is 0 Å². The van der Waals surface area contributed by atoms with Gasteiger partial charge in [-0.15, -0.1) is 0 Å². The molecule has 0 aromatic heterocycles. The molecule has 6 nitrogen and oxygen atoms in total. The van der Waals surface area contributed by atoms with Crippen LogP contribution in [0.2, 0.25) is 0 Å². The molecule has 6 heteroatoms. The molecule has 0 radical (unpaired) electrons. The van der Waals surface area contributed by atoms with Crippen LogP contribution < -0.4 is 15.2 Å². The quantitative estimate of drug-likeness (QED) is 0.622. The molecule has 0 amide bonds. The Morgan fingerprint density at radius 3 is 2.19 bits per heavy atom. The van der Waals surface area contributed by atoms with Gasteiger partial charge in [0.05, 0.1) is 30.8 Å². The summed E-state index contributed by atoms with van der Waals surface area (Å²) in [7, 11) is 2.89. The van der Waals surface area contributed by atoms with Gasteiger partial charge < -0.3 is 15.2 Å². The summed E-state index contributed by atoms with van der Waals surface area (Å²) in [5.41, 5.74) is 6.02. The van der Waals surface area contributed by atoms with Crippen LogP contribution in [-0.2, 0) is 0 Å². The SMILES string of the molecule is COc1cc([C@H](C)N)c([N+](=O)[O-])cc1OC. The van der Waals surface area contributed by atoms with E-state index in [1.165, 1.54) is 26.4 Å². The van der Waals surface area contributed by atoms with E-state index >= 15 is 0 Å². The van der Waals surface area contributed by atoms with Crippen molar-refractivity contribution in [3.05, 3.63) is 27.8 Å². The van der Waals surface area contributed by atoms with Gasteiger partial charge in [-0.05, 0) is 13.0 Å². The summed E-state index contributed by atoms with van der Waals surface area (Å²) in [6, 6.07) is 2.40. The molecule has 1 rings (SSSR count). The summed E-state index contributed by atoms with van der Waals surface area (Å²) in [6.07, 6.45) is 0. The van der Waals surface area contributed by atoms with Gasteiger partial charge in [-0.1, -0.05) is 0 Å². The van der Waals surface area contributed by atoms with Crippen molar-refractivity contribution in [2.75, 3.05) is 14.2 Å². The molecule has 2 N–H and O–H groups in total. The number of hydrogen-bond acceptors (Lipinski definition) is 5. The Kier molecular flexibility index (Phi) is 3.68. The maximum Gasteiger partial charge on any atom is 0.278 e. The van der Waals surface area contributed by atoms with Crippen molar-refractivity contribution >= 4 is 5.69 Å². The standard InChI is InChI=1S/C10H14N2O4/c1-6(11)7-4-9(15-2)10(16-3)5-8(7)12(13)14/h4-6H,11H2,1-3H3/t6-/m0/s1. The lowest BCUT2D eigenvalue weighted by atomic mass is 10.1. The van der Waals surface area contributed by atoms with Crippen LogP contribution in [0.3, 0.4) is 0 Å². The number of nitrogens with two attached hydrogens (primary N) is 1. The van der Waals surface area contributed by atoms with Crippen molar-refractivity contribution in [1.82, 2.24) is 0 Å². The third-order valence-electron chi connectivity index (χ3n) is 2.22. The molecular weight excluding hydrogens is 212 g/mol. The number of ether oxygens (including phenoxy) is 2. The Morgan fingerprint density at radius 1 is 1.31 bits per heavy atom. The van der Waals surface area contributed by atoms with E-state index in [2.05, 4.69) is 0 Å². The largest absolute Gasteiger partial charge is 0.493 e. The maximum atomic E-state index is 10.8. The van der Waals surface area contributed by atoms with E-state index < -0.39 is 11.0 Å². The van der Waals surface area contributed by atoms with E-state index in [0.717, 1.165) is 0 Å². The highest BCUT2D eigenvalue weighted by Crippen LogP contribution is 2.36. The minimum absolute atomic E-state index is 0.0624. The van der Waals surface area contributed by atoms with Crippen molar-refractivity contribution in [2.24, 2.45) is 5.73 Å². The van der Waals surface area contributed by atoms with Gasteiger partial charge >= 0.3 is 0 Å². The van der Waals surface area contributed by atoms with Crippen LogP contribution in [0.1, 0.15) is 18.5 Å². The van der Waals surface area contributed by atoms with Gasteiger partial charge in [0.2, 0.25) is 0 Å². The Balaban J connectivity index is 3.41. The summed E-state index contributed by atoms with van der Waals surface area (Å²) >= 11 is 0.